The molecule has 0 fully saturated rings. The molecule has 1 aliphatic rings. The summed E-state index contributed by atoms with van der Waals surface area (Å²) < 4.78 is 69.9. The maximum atomic E-state index is 15.2. The highest BCUT2D eigenvalue weighted by Crippen LogP contribution is 2.41. The minimum Gasteiger partial charge on any atom is -0.497 e. The molecule has 7 nitrogen and oxygen atoms in total. The lowest BCUT2D eigenvalue weighted by Gasteiger charge is -2.26. The van der Waals surface area contributed by atoms with Crippen LogP contribution in [0.25, 0.3) is 11.1 Å². The second-order valence-corrected chi connectivity index (χ2v) is 7.33. The first-order valence-electron chi connectivity index (χ1n) is 10.1. The van der Waals surface area contributed by atoms with E-state index in [4.69, 9.17) is 9.47 Å². The number of rotatable bonds is 8. The predicted molar refractivity (Wildman–Crippen MR) is 116 cm³/mol. The number of nitrogens with zero attached hydrogens (tertiary/aromatic N) is 1. The number of carbonyl (C=O) groups is 1. The molecule has 11 heteroatoms. The van der Waals surface area contributed by atoms with Gasteiger partial charge < -0.3 is 19.0 Å². The van der Waals surface area contributed by atoms with Gasteiger partial charge in [-0.3, -0.25) is 4.79 Å². The van der Waals surface area contributed by atoms with E-state index in [0.29, 0.717) is 16.9 Å². The second kappa shape index (κ2) is 9.92. The topological polar surface area (TPSA) is 78.4 Å². The van der Waals surface area contributed by atoms with Crippen LogP contribution in [0.5, 0.6) is 11.5 Å². The molecule has 0 spiro atoms. The summed E-state index contributed by atoms with van der Waals surface area (Å²) in [6.45, 7) is -3.27. The zero-order chi connectivity index (χ0) is 25.0. The van der Waals surface area contributed by atoms with Crippen LogP contribution in [0.15, 0.2) is 65.7 Å². The minimum absolute atomic E-state index is 0.0368. The van der Waals surface area contributed by atoms with Crippen molar-refractivity contribution in [1.29, 1.82) is 0 Å². The molecule has 3 aromatic rings. The Hall–Kier alpha value is -4.28. The first kappa shape index (κ1) is 23.9. The largest absolute Gasteiger partial charge is 0.497 e. The Morgan fingerprint density at radius 2 is 1.86 bits per heavy atom. The van der Waals surface area contributed by atoms with Crippen molar-refractivity contribution in [3.8, 4) is 22.6 Å². The molecular formula is C24H18F4N2O5. The van der Waals surface area contributed by atoms with Gasteiger partial charge >= 0.3 is 19.1 Å². The molecule has 3 aromatic carbocycles. The van der Waals surface area contributed by atoms with Gasteiger partial charge in [-0.2, -0.15) is 14.3 Å². The highest BCUT2D eigenvalue weighted by Gasteiger charge is 2.43. The van der Waals surface area contributed by atoms with Crippen LogP contribution in [0.3, 0.4) is 0 Å². The van der Waals surface area contributed by atoms with Crippen LogP contribution in [0, 0.1) is 11.6 Å². The van der Waals surface area contributed by atoms with Crippen molar-refractivity contribution in [2.24, 2.45) is 4.99 Å². The summed E-state index contributed by atoms with van der Waals surface area (Å²) in [6, 6.07) is 13.7. The molecule has 4 rings (SSSR count). The van der Waals surface area contributed by atoms with Gasteiger partial charge in [-0.15, -0.1) is 0 Å². The SMILES string of the molecule is COc1ccc(F)c(-c2cccc(C3(c4ccc(OC(F)F)cc4F)COC(NOC=O)=N3)c2)c1. The predicted octanol–water partition coefficient (Wildman–Crippen LogP) is 4.55. The number of benzene rings is 3. The van der Waals surface area contributed by atoms with Gasteiger partial charge in [-0.05, 0) is 47.5 Å². The molecule has 1 unspecified atom stereocenters. The number of hydroxylamine groups is 1. The van der Waals surface area contributed by atoms with Crippen molar-refractivity contribution >= 4 is 12.5 Å². The molecule has 1 atom stereocenters. The average Bonchev–Trinajstić information content (AvgIpc) is 3.28. The van der Waals surface area contributed by atoms with Crippen molar-refractivity contribution < 1.29 is 41.4 Å². The number of ether oxygens (including phenoxy) is 3. The van der Waals surface area contributed by atoms with Gasteiger partial charge in [0.2, 0.25) is 0 Å². The smallest absolute Gasteiger partial charge is 0.387 e. The molecule has 0 saturated carbocycles. The zero-order valence-electron chi connectivity index (χ0n) is 18.1. The number of amidine groups is 1. The van der Waals surface area contributed by atoms with E-state index >= 15 is 4.39 Å². The fraction of sp³-hybridized carbons (Fsp3) is 0.167. The van der Waals surface area contributed by atoms with E-state index in [1.54, 1.807) is 24.3 Å². The number of hydrogen-bond donors (Lipinski definition) is 1. The maximum Gasteiger partial charge on any atom is 0.387 e. The number of methoxy groups -OCH3 is 1. The Morgan fingerprint density at radius 1 is 1.06 bits per heavy atom. The molecule has 0 radical (unpaired) electrons. The van der Waals surface area contributed by atoms with Crippen LogP contribution in [0.4, 0.5) is 17.6 Å². The Kier molecular flexibility index (Phi) is 6.76. The number of nitrogens with one attached hydrogen (secondary N) is 1. The Balaban J connectivity index is 1.85. The molecule has 0 aromatic heterocycles. The molecule has 35 heavy (non-hydrogen) atoms. The first-order valence-corrected chi connectivity index (χ1v) is 10.1. The molecule has 1 heterocycles. The fourth-order valence-electron chi connectivity index (χ4n) is 3.78. The Bertz CT molecular complexity index is 1270. The van der Waals surface area contributed by atoms with Gasteiger partial charge in [0.1, 0.15) is 29.7 Å². The lowest BCUT2D eigenvalue weighted by atomic mass is 9.82. The number of hydrogen-bond acceptors (Lipinski definition) is 7. The molecular weight excluding hydrogens is 472 g/mol. The quantitative estimate of drug-likeness (QED) is 0.284. The molecule has 1 N–H and O–H groups in total. The van der Waals surface area contributed by atoms with Crippen LogP contribution >= 0.6 is 0 Å². The van der Waals surface area contributed by atoms with Gasteiger partial charge in [0.15, 0.2) is 5.54 Å². The van der Waals surface area contributed by atoms with Gasteiger partial charge in [0, 0.05) is 17.2 Å². The second-order valence-electron chi connectivity index (χ2n) is 7.33. The van der Waals surface area contributed by atoms with Crippen LogP contribution in [0.2, 0.25) is 0 Å². The number of carbonyl (C=O) groups excluding carboxylic acids is 1. The lowest BCUT2D eigenvalue weighted by molar-refractivity contribution is -0.132. The van der Waals surface area contributed by atoms with E-state index in [1.807, 2.05) is 0 Å². The average molecular weight is 490 g/mol. The van der Waals surface area contributed by atoms with Crippen molar-refractivity contribution in [2.75, 3.05) is 13.7 Å². The third kappa shape index (κ3) is 4.84. The van der Waals surface area contributed by atoms with Crippen molar-refractivity contribution in [3.05, 3.63) is 83.4 Å². The van der Waals surface area contributed by atoms with E-state index in [2.05, 4.69) is 20.0 Å². The van der Waals surface area contributed by atoms with Gasteiger partial charge in [-0.25, -0.2) is 13.8 Å². The summed E-state index contributed by atoms with van der Waals surface area (Å²) in [5.74, 6) is -1.35. The molecule has 1 aliphatic heterocycles. The Labute approximate surface area is 196 Å². The summed E-state index contributed by atoms with van der Waals surface area (Å²) in [6.07, 6.45) is 0. The third-order valence-electron chi connectivity index (χ3n) is 5.34. The summed E-state index contributed by atoms with van der Waals surface area (Å²) in [5, 5.41) is 0. The lowest BCUT2D eigenvalue weighted by Crippen LogP contribution is -2.28. The number of halogens is 4. The summed E-state index contributed by atoms with van der Waals surface area (Å²) >= 11 is 0. The fourth-order valence-corrected chi connectivity index (χ4v) is 3.78. The monoisotopic (exact) mass is 490 g/mol. The van der Waals surface area contributed by atoms with E-state index in [-0.39, 0.29) is 36.0 Å². The van der Waals surface area contributed by atoms with Crippen molar-refractivity contribution in [1.82, 2.24) is 5.48 Å². The third-order valence-corrected chi connectivity index (χ3v) is 5.34. The molecule has 182 valence electrons. The zero-order valence-corrected chi connectivity index (χ0v) is 18.1. The standard InChI is InChI=1S/C24H18F4N2O5/c1-32-16-6-8-20(25)18(10-16)14-3-2-4-15(9-14)24(12-33-23(29-24)30-34-13-31)19-7-5-17(11-21(19)26)35-22(27)28/h2-11,13,22H,12H2,1H3,(H,29,30). The van der Waals surface area contributed by atoms with E-state index in [9.17, 15) is 18.0 Å². The van der Waals surface area contributed by atoms with Gasteiger partial charge in [-0.1, -0.05) is 18.2 Å². The minimum atomic E-state index is -3.13. The van der Waals surface area contributed by atoms with Crippen LogP contribution in [-0.4, -0.2) is 32.8 Å². The first-order chi connectivity index (χ1) is 16.9. The molecule has 0 bridgehead atoms. The van der Waals surface area contributed by atoms with Crippen molar-refractivity contribution in [2.45, 2.75) is 12.2 Å². The van der Waals surface area contributed by atoms with Crippen LogP contribution in [0.1, 0.15) is 11.1 Å². The van der Waals surface area contributed by atoms with E-state index < -0.39 is 23.8 Å². The molecule has 0 amide bonds. The Morgan fingerprint density at radius 3 is 2.57 bits per heavy atom. The van der Waals surface area contributed by atoms with E-state index in [0.717, 1.165) is 6.07 Å². The molecule has 0 saturated heterocycles. The highest BCUT2D eigenvalue weighted by atomic mass is 19.3. The van der Waals surface area contributed by atoms with Crippen LogP contribution in [-0.2, 0) is 19.9 Å². The highest BCUT2D eigenvalue weighted by molar-refractivity contribution is 5.77. The summed E-state index contributed by atoms with van der Waals surface area (Å²) in [5.41, 5.74) is 1.68. The summed E-state index contributed by atoms with van der Waals surface area (Å²) in [7, 11) is 1.45. The van der Waals surface area contributed by atoms with Crippen LogP contribution < -0.4 is 15.0 Å². The van der Waals surface area contributed by atoms with Crippen molar-refractivity contribution in [3.63, 3.8) is 0 Å². The molecule has 0 aliphatic carbocycles. The number of aliphatic imine (C=N–C) groups is 1. The maximum absolute atomic E-state index is 15.2. The normalized spacial score (nSPS) is 16.9. The van der Waals surface area contributed by atoms with Gasteiger partial charge in [0.25, 0.3) is 0 Å². The summed E-state index contributed by atoms with van der Waals surface area (Å²) in [4.78, 5) is 19.4. The van der Waals surface area contributed by atoms with E-state index in [1.165, 1.54) is 37.4 Å². The van der Waals surface area contributed by atoms with Gasteiger partial charge in [0.05, 0.1) is 7.11 Å². The number of alkyl halides is 2.